The van der Waals surface area contributed by atoms with E-state index in [2.05, 4.69) is 5.32 Å². The van der Waals surface area contributed by atoms with Gasteiger partial charge >= 0.3 is 5.97 Å². The molecule has 1 aromatic rings. The van der Waals surface area contributed by atoms with Crippen molar-refractivity contribution in [3.8, 4) is 0 Å². The molecule has 1 atom stereocenters. The van der Waals surface area contributed by atoms with Crippen LogP contribution in [0.5, 0.6) is 0 Å². The number of carboxylic acid groups (broad SMARTS) is 1. The van der Waals surface area contributed by atoms with E-state index in [9.17, 15) is 4.79 Å². The highest BCUT2D eigenvalue weighted by molar-refractivity contribution is 5.87. The molecular weight excluding hydrogens is 278 g/mol. The molecule has 0 bridgehead atoms. The van der Waals surface area contributed by atoms with Gasteiger partial charge in [-0.05, 0) is 43.4 Å². The normalized spacial score (nSPS) is 23.7. The van der Waals surface area contributed by atoms with E-state index in [1.165, 1.54) is 38.5 Å². The highest BCUT2D eigenvalue weighted by Crippen LogP contribution is 2.41. The fourth-order valence-electron chi connectivity index (χ4n) is 3.75. The van der Waals surface area contributed by atoms with Crippen LogP contribution in [0.25, 0.3) is 0 Å². The van der Waals surface area contributed by atoms with E-state index in [4.69, 9.17) is 9.84 Å². The molecule has 3 rings (SSSR count). The molecule has 1 aliphatic heterocycles. The first-order valence-electron chi connectivity index (χ1n) is 8.38. The molecule has 1 heterocycles. The third-order valence-corrected chi connectivity index (χ3v) is 5.01. The summed E-state index contributed by atoms with van der Waals surface area (Å²) in [5.74, 6) is -0.878. The minimum absolute atomic E-state index is 0.188. The number of ether oxygens (including phenoxy) is 1. The van der Waals surface area contributed by atoms with E-state index >= 15 is 0 Å². The summed E-state index contributed by atoms with van der Waals surface area (Å²) in [4.78, 5) is 10.8. The summed E-state index contributed by atoms with van der Waals surface area (Å²) in [6.45, 7) is 1.63. The van der Waals surface area contributed by atoms with E-state index in [1.807, 2.05) is 12.1 Å². The first-order valence-corrected chi connectivity index (χ1v) is 8.38. The van der Waals surface area contributed by atoms with Crippen LogP contribution >= 0.6 is 0 Å². The first-order chi connectivity index (χ1) is 10.7. The van der Waals surface area contributed by atoms with Crippen molar-refractivity contribution in [2.24, 2.45) is 0 Å². The number of hydrogen-bond donors (Lipinski definition) is 2. The van der Waals surface area contributed by atoms with Crippen molar-refractivity contribution >= 4 is 5.97 Å². The molecule has 2 N–H and O–H groups in total. The van der Waals surface area contributed by atoms with Gasteiger partial charge in [0, 0.05) is 13.1 Å². The fourth-order valence-corrected chi connectivity index (χ4v) is 3.75. The molecule has 1 aliphatic carbocycles. The monoisotopic (exact) mass is 303 g/mol. The maximum atomic E-state index is 10.8. The zero-order valence-electron chi connectivity index (χ0n) is 13.0. The summed E-state index contributed by atoms with van der Waals surface area (Å²) in [5.41, 5.74) is 1.63. The van der Waals surface area contributed by atoms with Crippen molar-refractivity contribution in [3.63, 3.8) is 0 Å². The highest BCUT2D eigenvalue weighted by atomic mass is 16.5. The Labute approximate surface area is 131 Å². The summed E-state index contributed by atoms with van der Waals surface area (Å²) in [6.07, 6.45) is 9.17. The third-order valence-electron chi connectivity index (χ3n) is 5.01. The lowest BCUT2D eigenvalue weighted by atomic mass is 9.83. The maximum absolute atomic E-state index is 10.8. The zero-order valence-corrected chi connectivity index (χ0v) is 13.0. The molecule has 2 aliphatic rings. The fraction of sp³-hybridized carbons (Fsp3) is 0.611. The second-order valence-electron chi connectivity index (χ2n) is 6.66. The molecule has 0 radical (unpaired) electrons. The van der Waals surface area contributed by atoms with E-state index < -0.39 is 5.97 Å². The molecule has 1 spiro atoms. The van der Waals surface area contributed by atoms with Gasteiger partial charge in [-0.25, -0.2) is 4.79 Å². The van der Waals surface area contributed by atoms with Gasteiger partial charge in [0.05, 0.1) is 17.3 Å². The van der Waals surface area contributed by atoms with Crippen LogP contribution in [0.4, 0.5) is 0 Å². The number of hydrogen-bond acceptors (Lipinski definition) is 3. The minimum Gasteiger partial charge on any atom is -0.478 e. The summed E-state index contributed by atoms with van der Waals surface area (Å²) in [7, 11) is 0. The third kappa shape index (κ3) is 3.68. The Hall–Kier alpha value is -1.39. The van der Waals surface area contributed by atoms with Gasteiger partial charge in [0.2, 0.25) is 0 Å². The number of benzene rings is 1. The average Bonchev–Trinajstić information content (AvgIpc) is 2.91. The van der Waals surface area contributed by atoms with Gasteiger partial charge in [0.15, 0.2) is 0 Å². The smallest absolute Gasteiger partial charge is 0.335 e. The molecule has 4 heteroatoms. The Bertz CT molecular complexity index is 506. The lowest BCUT2D eigenvalue weighted by Gasteiger charge is -2.33. The van der Waals surface area contributed by atoms with Crippen LogP contribution in [0, 0.1) is 0 Å². The van der Waals surface area contributed by atoms with Crippen LogP contribution in [-0.4, -0.2) is 29.3 Å². The van der Waals surface area contributed by atoms with E-state index in [1.54, 1.807) is 12.1 Å². The second kappa shape index (κ2) is 6.80. The SMILES string of the molecule is O=C(O)c1ccc(CNCC2CCC3(CCCCC3)O2)cc1. The quantitative estimate of drug-likeness (QED) is 0.875. The largest absolute Gasteiger partial charge is 0.478 e. The van der Waals surface area contributed by atoms with Gasteiger partial charge in [-0.3, -0.25) is 0 Å². The maximum Gasteiger partial charge on any atom is 0.335 e. The number of carboxylic acids is 1. The molecule has 22 heavy (non-hydrogen) atoms. The van der Waals surface area contributed by atoms with E-state index in [0.29, 0.717) is 11.7 Å². The van der Waals surface area contributed by atoms with Crippen molar-refractivity contribution in [2.45, 2.75) is 63.2 Å². The molecule has 1 unspecified atom stereocenters. The van der Waals surface area contributed by atoms with Crippen molar-refractivity contribution in [1.82, 2.24) is 5.32 Å². The van der Waals surface area contributed by atoms with Crippen molar-refractivity contribution < 1.29 is 14.6 Å². The van der Waals surface area contributed by atoms with E-state index in [0.717, 1.165) is 25.1 Å². The number of aromatic carboxylic acids is 1. The molecule has 120 valence electrons. The van der Waals surface area contributed by atoms with Crippen molar-refractivity contribution in [1.29, 1.82) is 0 Å². The van der Waals surface area contributed by atoms with Gasteiger partial charge in [-0.1, -0.05) is 31.4 Å². The van der Waals surface area contributed by atoms with Crippen molar-refractivity contribution in [2.75, 3.05) is 6.54 Å². The Morgan fingerprint density at radius 2 is 1.91 bits per heavy atom. The predicted octanol–water partition coefficient (Wildman–Crippen LogP) is 3.36. The molecule has 1 aromatic carbocycles. The minimum atomic E-state index is -0.878. The second-order valence-corrected chi connectivity index (χ2v) is 6.66. The predicted molar refractivity (Wildman–Crippen MR) is 85.0 cm³/mol. The molecule has 0 aromatic heterocycles. The summed E-state index contributed by atoms with van der Waals surface area (Å²) < 4.78 is 6.34. The zero-order chi connectivity index (χ0) is 15.4. The summed E-state index contributed by atoms with van der Waals surface area (Å²) in [5, 5.41) is 12.3. The number of carbonyl (C=O) groups is 1. The Balaban J connectivity index is 1.42. The standard InChI is InChI=1S/C18H25NO3/c20-17(21)15-6-4-14(5-7-15)12-19-13-16-8-11-18(22-16)9-2-1-3-10-18/h4-7,16,19H,1-3,8-13H2,(H,20,21). The van der Waals surface area contributed by atoms with Gasteiger partial charge in [-0.2, -0.15) is 0 Å². The van der Waals surface area contributed by atoms with E-state index in [-0.39, 0.29) is 5.60 Å². The van der Waals surface area contributed by atoms with Crippen LogP contribution in [0.3, 0.4) is 0 Å². The van der Waals surface area contributed by atoms with Gasteiger partial charge in [0.1, 0.15) is 0 Å². The molecule has 1 saturated carbocycles. The van der Waals surface area contributed by atoms with Crippen LogP contribution in [0.1, 0.15) is 60.9 Å². The lowest BCUT2D eigenvalue weighted by molar-refractivity contribution is -0.0624. The molecule has 2 fully saturated rings. The number of nitrogens with one attached hydrogen (secondary N) is 1. The molecule has 4 nitrogen and oxygen atoms in total. The summed E-state index contributed by atoms with van der Waals surface area (Å²) >= 11 is 0. The van der Waals surface area contributed by atoms with Crippen LogP contribution < -0.4 is 5.32 Å². The molecule has 0 amide bonds. The average molecular weight is 303 g/mol. The Morgan fingerprint density at radius 1 is 1.18 bits per heavy atom. The van der Waals surface area contributed by atoms with Gasteiger partial charge in [-0.15, -0.1) is 0 Å². The van der Waals surface area contributed by atoms with Gasteiger partial charge in [0.25, 0.3) is 0 Å². The molecule has 1 saturated heterocycles. The van der Waals surface area contributed by atoms with Crippen LogP contribution in [-0.2, 0) is 11.3 Å². The lowest BCUT2D eigenvalue weighted by Crippen LogP contribution is -2.34. The highest BCUT2D eigenvalue weighted by Gasteiger charge is 2.40. The van der Waals surface area contributed by atoms with Crippen LogP contribution in [0.15, 0.2) is 24.3 Å². The topological polar surface area (TPSA) is 58.6 Å². The molecular formula is C18H25NO3. The Morgan fingerprint density at radius 3 is 2.59 bits per heavy atom. The number of rotatable bonds is 5. The van der Waals surface area contributed by atoms with Crippen LogP contribution in [0.2, 0.25) is 0 Å². The first kappa shape index (κ1) is 15.5. The van der Waals surface area contributed by atoms with Crippen molar-refractivity contribution in [3.05, 3.63) is 35.4 Å². The Kier molecular flexibility index (Phi) is 4.79. The summed E-state index contributed by atoms with van der Waals surface area (Å²) in [6, 6.07) is 7.05. The van der Waals surface area contributed by atoms with Gasteiger partial charge < -0.3 is 15.2 Å².